The van der Waals surface area contributed by atoms with E-state index in [1.54, 1.807) is 4.90 Å². The van der Waals surface area contributed by atoms with Crippen LogP contribution in [0.15, 0.2) is 0 Å². The van der Waals surface area contributed by atoms with E-state index in [1.807, 2.05) is 0 Å². The third-order valence-electron chi connectivity index (χ3n) is 3.28. The summed E-state index contributed by atoms with van der Waals surface area (Å²) in [5.74, 6) is -0.00336. The van der Waals surface area contributed by atoms with Crippen molar-refractivity contribution in [2.24, 2.45) is 0 Å². The van der Waals surface area contributed by atoms with Crippen LogP contribution >= 0.6 is 0 Å². The maximum atomic E-state index is 12.1. The number of sulfone groups is 1. The number of hydrogen-bond donors (Lipinski definition) is 1. The van der Waals surface area contributed by atoms with Gasteiger partial charge in [0.15, 0.2) is 9.84 Å². The molecule has 2 aliphatic heterocycles. The van der Waals surface area contributed by atoms with Gasteiger partial charge in [-0.25, -0.2) is 8.42 Å². The minimum atomic E-state index is -3.18. The molecule has 0 aromatic heterocycles. The maximum absolute atomic E-state index is 12.1. The Hall–Kier alpha value is -0.620. The summed E-state index contributed by atoms with van der Waals surface area (Å²) in [4.78, 5) is 13.8. The predicted octanol–water partition coefficient (Wildman–Crippen LogP) is -0.614. The zero-order valence-corrected chi connectivity index (χ0v) is 10.1. The van der Waals surface area contributed by atoms with Crippen LogP contribution in [-0.2, 0) is 14.6 Å². The molecule has 0 aliphatic carbocycles. The van der Waals surface area contributed by atoms with Crippen molar-refractivity contribution in [1.29, 1.82) is 0 Å². The second-order valence-electron chi connectivity index (χ2n) is 4.43. The fourth-order valence-corrected chi connectivity index (χ4v) is 4.19. The van der Waals surface area contributed by atoms with Crippen molar-refractivity contribution in [1.82, 2.24) is 10.2 Å². The molecule has 2 aliphatic rings. The van der Waals surface area contributed by atoms with Crippen molar-refractivity contribution in [3.05, 3.63) is 0 Å². The van der Waals surface area contributed by atoms with E-state index in [-0.39, 0.29) is 11.7 Å². The molecule has 92 valence electrons. The highest BCUT2D eigenvalue weighted by Gasteiger charge is 2.37. The summed E-state index contributed by atoms with van der Waals surface area (Å²) < 4.78 is 23.6. The van der Waals surface area contributed by atoms with Crippen LogP contribution in [0.2, 0.25) is 0 Å². The smallest absolute Gasteiger partial charge is 0.240 e. The van der Waals surface area contributed by atoms with Gasteiger partial charge in [0.2, 0.25) is 5.91 Å². The fraction of sp³-hybridized carbons (Fsp3) is 0.900. The normalized spacial score (nSPS) is 30.0. The Morgan fingerprint density at radius 2 is 1.88 bits per heavy atom. The lowest BCUT2D eigenvalue weighted by molar-refractivity contribution is -0.131. The van der Waals surface area contributed by atoms with Gasteiger partial charge in [-0.15, -0.1) is 0 Å². The number of nitrogens with one attached hydrogen (secondary N) is 1. The third kappa shape index (κ3) is 2.38. The largest absolute Gasteiger partial charge is 0.339 e. The van der Waals surface area contributed by atoms with Crippen LogP contribution in [0.1, 0.15) is 19.3 Å². The van der Waals surface area contributed by atoms with E-state index in [2.05, 4.69) is 5.32 Å². The molecule has 2 saturated heterocycles. The van der Waals surface area contributed by atoms with Crippen LogP contribution < -0.4 is 5.32 Å². The number of piperazine rings is 1. The fourth-order valence-electron chi connectivity index (χ4n) is 2.32. The number of rotatable bonds is 1. The molecule has 0 aromatic rings. The zero-order chi connectivity index (χ0) is 11.6. The number of nitrogens with zero attached hydrogens (tertiary/aromatic N) is 1. The van der Waals surface area contributed by atoms with Crippen LogP contribution in [0.4, 0.5) is 0 Å². The average Bonchev–Trinajstić information content (AvgIpc) is 2.29. The predicted molar refractivity (Wildman–Crippen MR) is 60.9 cm³/mol. The van der Waals surface area contributed by atoms with Crippen molar-refractivity contribution in [2.75, 3.05) is 31.9 Å². The minimum absolute atomic E-state index is 0.176. The van der Waals surface area contributed by atoms with Gasteiger partial charge < -0.3 is 10.2 Å². The maximum Gasteiger partial charge on any atom is 0.240 e. The Bertz CT molecular complexity index is 360. The van der Waals surface area contributed by atoms with E-state index in [0.717, 1.165) is 19.5 Å². The van der Waals surface area contributed by atoms with Gasteiger partial charge in [0.05, 0.1) is 5.75 Å². The Labute approximate surface area is 96.1 Å². The summed E-state index contributed by atoms with van der Waals surface area (Å²) in [6.07, 6.45) is 2.06. The molecule has 0 spiro atoms. The molecule has 1 atom stereocenters. The van der Waals surface area contributed by atoms with E-state index >= 15 is 0 Å². The van der Waals surface area contributed by atoms with E-state index in [1.165, 1.54) is 0 Å². The quantitative estimate of drug-likeness (QED) is 0.670. The highest BCUT2D eigenvalue weighted by atomic mass is 32.2. The Morgan fingerprint density at radius 3 is 2.50 bits per heavy atom. The monoisotopic (exact) mass is 246 g/mol. The van der Waals surface area contributed by atoms with E-state index in [0.29, 0.717) is 25.9 Å². The lowest BCUT2D eigenvalue weighted by Crippen LogP contribution is -2.52. The zero-order valence-electron chi connectivity index (χ0n) is 9.31. The number of hydrogen-bond acceptors (Lipinski definition) is 4. The van der Waals surface area contributed by atoms with E-state index < -0.39 is 15.1 Å². The molecule has 5 nitrogen and oxygen atoms in total. The summed E-state index contributed by atoms with van der Waals surface area (Å²) in [6, 6.07) is 0. The second-order valence-corrected chi connectivity index (χ2v) is 6.73. The summed E-state index contributed by atoms with van der Waals surface area (Å²) >= 11 is 0. The van der Waals surface area contributed by atoms with Gasteiger partial charge >= 0.3 is 0 Å². The van der Waals surface area contributed by atoms with Gasteiger partial charge in [-0.2, -0.15) is 0 Å². The first-order valence-electron chi connectivity index (χ1n) is 5.82. The van der Waals surface area contributed by atoms with Gasteiger partial charge in [0.1, 0.15) is 5.25 Å². The lowest BCUT2D eigenvalue weighted by Gasteiger charge is -2.32. The highest BCUT2D eigenvalue weighted by molar-refractivity contribution is 7.92. The molecule has 1 unspecified atom stereocenters. The molecule has 0 radical (unpaired) electrons. The molecule has 1 amide bonds. The summed E-state index contributed by atoms with van der Waals surface area (Å²) in [5, 5.41) is 2.39. The third-order valence-corrected chi connectivity index (χ3v) is 5.44. The highest BCUT2D eigenvalue weighted by Crippen LogP contribution is 2.21. The topological polar surface area (TPSA) is 66.5 Å². The molecule has 2 heterocycles. The molecule has 0 bridgehead atoms. The van der Waals surface area contributed by atoms with Gasteiger partial charge in [0, 0.05) is 26.2 Å². The van der Waals surface area contributed by atoms with Gasteiger partial charge in [0.25, 0.3) is 0 Å². The van der Waals surface area contributed by atoms with Crippen molar-refractivity contribution in [2.45, 2.75) is 24.5 Å². The van der Waals surface area contributed by atoms with Crippen LogP contribution in [-0.4, -0.2) is 56.4 Å². The van der Waals surface area contributed by atoms with E-state index in [9.17, 15) is 13.2 Å². The molecule has 1 N–H and O–H groups in total. The first kappa shape index (κ1) is 11.9. The SMILES string of the molecule is O=C(C1CCCCS1(=O)=O)N1CCNCC1. The molecular weight excluding hydrogens is 228 g/mol. The number of carbonyl (C=O) groups excluding carboxylic acids is 1. The molecule has 0 saturated carbocycles. The van der Waals surface area contributed by atoms with Crippen molar-refractivity contribution in [3.8, 4) is 0 Å². The Morgan fingerprint density at radius 1 is 1.19 bits per heavy atom. The summed E-state index contributed by atoms with van der Waals surface area (Å²) in [6.45, 7) is 2.78. The summed E-state index contributed by atoms with van der Waals surface area (Å²) in [5.41, 5.74) is 0. The molecule has 2 rings (SSSR count). The second kappa shape index (κ2) is 4.71. The average molecular weight is 246 g/mol. The molecular formula is C10H18N2O3S. The Kier molecular flexibility index (Phi) is 3.49. The van der Waals surface area contributed by atoms with Crippen molar-refractivity contribution in [3.63, 3.8) is 0 Å². The lowest BCUT2D eigenvalue weighted by atomic mass is 10.1. The standard InChI is InChI=1S/C10H18N2O3S/c13-10(12-6-4-11-5-7-12)9-3-1-2-8-16(9,14)15/h9,11H,1-8H2. The Balaban J connectivity index is 2.07. The first-order valence-corrected chi connectivity index (χ1v) is 7.54. The molecule has 2 fully saturated rings. The molecule has 16 heavy (non-hydrogen) atoms. The summed E-state index contributed by atoms with van der Waals surface area (Å²) in [7, 11) is -3.18. The molecule has 0 aromatic carbocycles. The van der Waals surface area contributed by atoms with Gasteiger partial charge in [-0.05, 0) is 12.8 Å². The minimum Gasteiger partial charge on any atom is -0.339 e. The molecule has 6 heteroatoms. The van der Waals surface area contributed by atoms with Gasteiger partial charge in [-0.1, -0.05) is 6.42 Å². The van der Waals surface area contributed by atoms with E-state index in [4.69, 9.17) is 0 Å². The van der Waals surface area contributed by atoms with Crippen molar-refractivity contribution >= 4 is 15.7 Å². The van der Waals surface area contributed by atoms with Crippen LogP contribution in [0, 0.1) is 0 Å². The van der Waals surface area contributed by atoms with Crippen LogP contribution in [0.3, 0.4) is 0 Å². The van der Waals surface area contributed by atoms with Crippen LogP contribution in [0.5, 0.6) is 0 Å². The number of carbonyl (C=O) groups is 1. The van der Waals surface area contributed by atoms with Gasteiger partial charge in [-0.3, -0.25) is 4.79 Å². The van der Waals surface area contributed by atoms with Crippen molar-refractivity contribution < 1.29 is 13.2 Å². The number of amides is 1. The first-order chi connectivity index (χ1) is 7.61. The van der Waals surface area contributed by atoms with Crippen LogP contribution in [0.25, 0.3) is 0 Å².